The number of amides is 1. The van der Waals surface area contributed by atoms with Gasteiger partial charge in [-0.3, -0.25) is 4.79 Å². The van der Waals surface area contributed by atoms with Crippen molar-refractivity contribution >= 4 is 18.3 Å². The Morgan fingerprint density at radius 3 is 2.48 bits per heavy atom. The zero-order chi connectivity index (χ0) is 18.6. The summed E-state index contributed by atoms with van der Waals surface area (Å²) in [5.74, 6) is 0.185. The summed E-state index contributed by atoms with van der Waals surface area (Å²) in [6.07, 6.45) is 9.53. The van der Waals surface area contributed by atoms with Crippen LogP contribution in [0.15, 0.2) is 36.9 Å². The van der Waals surface area contributed by atoms with Crippen molar-refractivity contribution < 1.29 is 4.79 Å². The van der Waals surface area contributed by atoms with E-state index in [-0.39, 0.29) is 29.8 Å². The molecule has 1 aliphatic carbocycles. The molecular formula is C20H30ClN5O. The summed E-state index contributed by atoms with van der Waals surface area (Å²) < 4.78 is 1.72. The van der Waals surface area contributed by atoms with Crippen LogP contribution in [0.4, 0.5) is 0 Å². The standard InChI is InChI=1S/C20H29N5O.ClH/c1-16(17-6-8-18(9-7-17)25-15-22-14-23-25)24(2)19(26)12-20(13-21)10-4-3-5-11-20;/h6-9,14-16H,3-5,10-13,21H2,1-2H3;1H. The lowest BCUT2D eigenvalue weighted by molar-refractivity contribution is -0.134. The van der Waals surface area contributed by atoms with Crippen LogP contribution in [0, 0.1) is 5.41 Å². The Hall–Kier alpha value is -1.92. The molecule has 148 valence electrons. The molecule has 27 heavy (non-hydrogen) atoms. The lowest BCUT2D eigenvalue weighted by Crippen LogP contribution is -2.40. The number of carbonyl (C=O) groups is 1. The summed E-state index contributed by atoms with van der Waals surface area (Å²) in [6.45, 7) is 2.67. The monoisotopic (exact) mass is 391 g/mol. The molecule has 0 aliphatic heterocycles. The number of carbonyl (C=O) groups excluding carboxylic acids is 1. The van der Waals surface area contributed by atoms with Crippen LogP contribution in [0.5, 0.6) is 0 Å². The van der Waals surface area contributed by atoms with Gasteiger partial charge in [0.1, 0.15) is 12.7 Å². The van der Waals surface area contributed by atoms with Gasteiger partial charge in [-0.2, -0.15) is 5.10 Å². The van der Waals surface area contributed by atoms with Gasteiger partial charge in [0.05, 0.1) is 11.7 Å². The van der Waals surface area contributed by atoms with Gasteiger partial charge in [-0.15, -0.1) is 12.4 Å². The maximum Gasteiger partial charge on any atom is 0.223 e. The van der Waals surface area contributed by atoms with Gasteiger partial charge < -0.3 is 10.6 Å². The van der Waals surface area contributed by atoms with E-state index in [1.54, 1.807) is 11.0 Å². The number of nitrogens with zero attached hydrogens (tertiary/aromatic N) is 4. The topological polar surface area (TPSA) is 77.0 Å². The first-order valence-electron chi connectivity index (χ1n) is 9.45. The Morgan fingerprint density at radius 1 is 1.26 bits per heavy atom. The van der Waals surface area contributed by atoms with Gasteiger partial charge in [0.2, 0.25) is 5.91 Å². The molecule has 1 atom stereocenters. The van der Waals surface area contributed by atoms with Crippen molar-refractivity contribution in [3.63, 3.8) is 0 Å². The largest absolute Gasteiger partial charge is 0.339 e. The Bertz CT molecular complexity index is 710. The molecular weight excluding hydrogens is 362 g/mol. The molecule has 1 heterocycles. The van der Waals surface area contributed by atoms with E-state index in [4.69, 9.17) is 5.73 Å². The Morgan fingerprint density at radius 2 is 1.93 bits per heavy atom. The molecule has 1 aliphatic rings. The van der Waals surface area contributed by atoms with Gasteiger partial charge in [0.25, 0.3) is 0 Å². The number of hydrogen-bond donors (Lipinski definition) is 1. The van der Waals surface area contributed by atoms with E-state index in [1.165, 1.54) is 25.6 Å². The Kier molecular flexibility index (Phi) is 7.39. The van der Waals surface area contributed by atoms with Crippen molar-refractivity contribution in [1.82, 2.24) is 19.7 Å². The fraction of sp³-hybridized carbons (Fsp3) is 0.550. The molecule has 1 amide bonds. The van der Waals surface area contributed by atoms with Crippen LogP contribution >= 0.6 is 12.4 Å². The Labute approximate surface area is 167 Å². The lowest BCUT2D eigenvalue weighted by Gasteiger charge is -2.37. The number of halogens is 1. The van der Waals surface area contributed by atoms with E-state index in [0.29, 0.717) is 13.0 Å². The summed E-state index contributed by atoms with van der Waals surface area (Å²) in [5, 5.41) is 4.14. The number of hydrogen-bond acceptors (Lipinski definition) is 4. The van der Waals surface area contributed by atoms with E-state index < -0.39 is 0 Å². The SMILES string of the molecule is CC(c1ccc(-n2cncn2)cc1)N(C)C(=O)CC1(CN)CCCCC1.Cl. The van der Waals surface area contributed by atoms with Gasteiger partial charge >= 0.3 is 0 Å². The number of rotatable bonds is 6. The van der Waals surface area contributed by atoms with Crippen molar-refractivity contribution in [3.05, 3.63) is 42.5 Å². The van der Waals surface area contributed by atoms with Crippen LogP contribution in [-0.2, 0) is 4.79 Å². The second-order valence-electron chi connectivity index (χ2n) is 7.55. The molecule has 0 spiro atoms. The lowest BCUT2D eigenvalue weighted by atomic mass is 9.71. The highest BCUT2D eigenvalue weighted by Crippen LogP contribution is 2.39. The molecule has 1 saturated carbocycles. The minimum absolute atomic E-state index is 0. The molecule has 1 aromatic heterocycles. The fourth-order valence-electron chi connectivity index (χ4n) is 3.89. The third kappa shape index (κ3) is 4.87. The van der Waals surface area contributed by atoms with E-state index in [1.807, 2.05) is 36.2 Å². The molecule has 1 unspecified atom stereocenters. The van der Waals surface area contributed by atoms with Crippen molar-refractivity contribution in [2.45, 2.75) is 51.5 Å². The smallest absolute Gasteiger partial charge is 0.223 e. The van der Waals surface area contributed by atoms with E-state index in [2.05, 4.69) is 17.0 Å². The van der Waals surface area contributed by atoms with Gasteiger partial charge in [0.15, 0.2) is 0 Å². The van der Waals surface area contributed by atoms with E-state index in [0.717, 1.165) is 24.1 Å². The van der Waals surface area contributed by atoms with E-state index in [9.17, 15) is 4.79 Å². The first-order chi connectivity index (χ1) is 12.5. The molecule has 0 radical (unpaired) electrons. The summed E-state index contributed by atoms with van der Waals surface area (Å²) in [6, 6.07) is 8.11. The van der Waals surface area contributed by atoms with Crippen LogP contribution in [0.1, 0.15) is 57.1 Å². The maximum atomic E-state index is 12.9. The zero-order valence-electron chi connectivity index (χ0n) is 16.2. The second-order valence-corrected chi connectivity index (χ2v) is 7.55. The third-order valence-corrected chi connectivity index (χ3v) is 5.91. The average Bonchev–Trinajstić information content (AvgIpc) is 3.22. The van der Waals surface area contributed by atoms with Gasteiger partial charge in [-0.25, -0.2) is 9.67 Å². The first-order valence-corrected chi connectivity index (χ1v) is 9.45. The van der Waals surface area contributed by atoms with Crippen LogP contribution in [0.25, 0.3) is 5.69 Å². The molecule has 1 aromatic carbocycles. The number of benzene rings is 1. The highest BCUT2D eigenvalue weighted by molar-refractivity contribution is 5.85. The molecule has 3 rings (SSSR count). The molecule has 6 nitrogen and oxygen atoms in total. The summed E-state index contributed by atoms with van der Waals surface area (Å²) in [7, 11) is 1.89. The third-order valence-electron chi connectivity index (χ3n) is 5.91. The Balaban J connectivity index is 0.00000261. The van der Waals surface area contributed by atoms with Crippen LogP contribution < -0.4 is 5.73 Å². The van der Waals surface area contributed by atoms with Crippen LogP contribution in [0.3, 0.4) is 0 Å². The minimum atomic E-state index is 0. The van der Waals surface area contributed by atoms with Gasteiger partial charge in [0, 0.05) is 13.5 Å². The zero-order valence-corrected chi connectivity index (χ0v) is 17.0. The summed E-state index contributed by atoms with van der Waals surface area (Å²) in [4.78, 5) is 18.7. The molecule has 0 saturated heterocycles. The molecule has 0 bridgehead atoms. The van der Waals surface area contributed by atoms with Crippen molar-refractivity contribution in [1.29, 1.82) is 0 Å². The van der Waals surface area contributed by atoms with Crippen LogP contribution in [-0.4, -0.2) is 39.2 Å². The predicted octanol–water partition coefficient (Wildman–Crippen LogP) is 3.51. The number of nitrogens with two attached hydrogens (primary N) is 1. The highest BCUT2D eigenvalue weighted by atomic mass is 35.5. The molecule has 2 aromatic rings. The predicted molar refractivity (Wildman–Crippen MR) is 109 cm³/mol. The second kappa shape index (κ2) is 9.33. The highest BCUT2D eigenvalue weighted by Gasteiger charge is 2.34. The molecule has 2 N–H and O–H groups in total. The maximum absolute atomic E-state index is 12.9. The van der Waals surface area contributed by atoms with Gasteiger partial charge in [-0.05, 0) is 49.4 Å². The van der Waals surface area contributed by atoms with Gasteiger partial charge in [-0.1, -0.05) is 31.4 Å². The molecule has 7 heteroatoms. The quantitative estimate of drug-likeness (QED) is 0.817. The first kappa shape index (κ1) is 21.4. The van der Waals surface area contributed by atoms with Crippen molar-refractivity contribution in [2.24, 2.45) is 11.1 Å². The summed E-state index contributed by atoms with van der Waals surface area (Å²) >= 11 is 0. The number of aromatic nitrogens is 3. The normalized spacial score (nSPS) is 17.0. The van der Waals surface area contributed by atoms with Crippen molar-refractivity contribution in [3.8, 4) is 5.69 Å². The van der Waals surface area contributed by atoms with Crippen molar-refractivity contribution in [2.75, 3.05) is 13.6 Å². The summed E-state index contributed by atoms with van der Waals surface area (Å²) in [5.41, 5.74) is 8.12. The van der Waals surface area contributed by atoms with Crippen LogP contribution in [0.2, 0.25) is 0 Å². The average molecular weight is 392 g/mol. The van der Waals surface area contributed by atoms with E-state index >= 15 is 0 Å². The molecule has 1 fully saturated rings. The minimum Gasteiger partial charge on any atom is -0.339 e. The fourth-order valence-corrected chi connectivity index (χ4v) is 3.89.